The molecule has 21 heavy (non-hydrogen) atoms. The largest absolute Gasteiger partial charge is 0.537 e. The minimum atomic E-state index is -2.88. The second-order valence-corrected chi connectivity index (χ2v) is 7.74. The molecule has 0 fully saturated rings. The first-order valence-corrected chi connectivity index (χ1v) is 8.54. The maximum Gasteiger partial charge on any atom is 0.537 e. The minimum Gasteiger partial charge on any atom is -0.373 e. The summed E-state index contributed by atoms with van der Waals surface area (Å²) in [5.41, 5.74) is 0. The van der Waals surface area contributed by atoms with Gasteiger partial charge >= 0.3 is 8.80 Å². The van der Waals surface area contributed by atoms with Gasteiger partial charge in [0.1, 0.15) is 0 Å². The van der Waals surface area contributed by atoms with E-state index in [0.29, 0.717) is 0 Å². The Balaban J connectivity index is 2.45. The second-order valence-electron chi connectivity index (χ2n) is 4.86. The van der Waals surface area contributed by atoms with Crippen LogP contribution in [0.15, 0.2) is 54.6 Å². The minimum absolute atomic E-state index is 1.00. The summed E-state index contributed by atoms with van der Waals surface area (Å²) in [4.78, 5) is 0. The molecule has 0 saturated carbocycles. The SMILES string of the molecule is CO[Si](OC)(OC)c1cc2ccccc2c2ccccc12. The summed E-state index contributed by atoms with van der Waals surface area (Å²) in [6.45, 7) is 0. The smallest absolute Gasteiger partial charge is 0.373 e. The van der Waals surface area contributed by atoms with Gasteiger partial charge in [-0.25, -0.2) is 0 Å². The lowest BCUT2D eigenvalue weighted by atomic mass is 10.0. The summed E-state index contributed by atoms with van der Waals surface area (Å²) in [7, 11) is 2.05. The van der Waals surface area contributed by atoms with Crippen LogP contribution in [0.1, 0.15) is 0 Å². The van der Waals surface area contributed by atoms with Gasteiger partial charge in [-0.15, -0.1) is 0 Å². The number of benzene rings is 3. The summed E-state index contributed by atoms with van der Waals surface area (Å²) in [5.74, 6) is 0. The number of hydrogen-bond donors (Lipinski definition) is 0. The Hall–Kier alpha value is -1.72. The highest BCUT2D eigenvalue weighted by molar-refractivity contribution is 6.78. The fourth-order valence-corrected chi connectivity index (χ4v) is 4.93. The first-order valence-electron chi connectivity index (χ1n) is 6.82. The third kappa shape index (κ3) is 2.17. The van der Waals surface area contributed by atoms with Gasteiger partial charge in [-0.1, -0.05) is 48.5 Å². The summed E-state index contributed by atoms with van der Waals surface area (Å²) in [6, 6.07) is 18.8. The van der Waals surface area contributed by atoms with Crippen molar-refractivity contribution in [3.8, 4) is 0 Å². The van der Waals surface area contributed by atoms with Crippen LogP contribution < -0.4 is 5.19 Å². The van der Waals surface area contributed by atoms with Crippen molar-refractivity contribution in [3.05, 3.63) is 54.6 Å². The van der Waals surface area contributed by atoms with Gasteiger partial charge in [0.15, 0.2) is 0 Å². The predicted octanol–water partition coefficient (Wildman–Crippen LogP) is 3.08. The van der Waals surface area contributed by atoms with E-state index in [2.05, 4.69) is 36.4 Å². The lowest BCUT2D eigenvalue weighted by molar-refractivity contribution is 0.141. The van der Waals surface area contributed by atoms with Gasteiger partial charge in [-0.05, 0) is 27.6 Å². The van der Waals surface area contributed by atoms with Crippen molar-refractivity contribution in [1.29, 1.82) is 0 Å². The maximum absolute atomic E-state index is 5.67. The molecule has 0 amide bonds. The highest BCUT2D eigenvalue weighted by Gasteiger charge is 2.42. The summed E-state index contributed by atoms with van der Waals surface area (Å²) in [6.07, 6.45) is 0. The number of fused-ring (bicyclic) bond motifs is 3. The highest BCUT2D eigenvalue weighted by atomic mass is 28.4. The Kier molecular flexibility index (Phi) is 3.78. The molecule has 0 aliphatic rings. The molecule has 0 bridgehead atoms. The molecule has 0 aliphatic heterocycles. The van der Waals surface area contributed by atoms with Crippen LogP contribution in [0, 0.1) is 0 Å². The van der Waals surface area contributed by atoms with E-state index in [-0.39, 0.29) is 0 Å². The van der Waals surface area contributed by atoms with Gasteiger partial charge in [0.25, 0.3) is 0 Å². The molecule has 0 saturated heterocycles. The zero-order valence-corrected chi connectivity index (χ0v) is 13.4. The molecule has 0 aromatic heterocycles. The maximum atomic E-state index is 5.67. The van der Waals surface area contributed by atoms with E-state index in [0.717, 1.165) is 16.0 Å². The van der Waals surface area contributed by atoms with Gasteiger partial charge in [0.2, 0.25) is 0 Å². The zero-order chi connectivity index (χ0) is 14.9. The lowest BCUT2D eigenvalue weighted by Crippen LogP contribution is -2.54. The third-order valence-electron chi connectivity index (χ3n) is 3.90. The normalized spacial score (nSPS) is 12.1. The standard InChI is InChI=1S/C17H18O3Si/c1-18-21(19-2,20-3)17-12-13-8-4-5-9-14(13)15-10-6-7-11-16(15)17/h4-12H,1-3H3. The van der Waals surface area contributed by atoms with Crippen molar-refractivity contribution in [1.82, 2.24) is 0 Å². The molecular weight excluding hydrogens is 280 g/mol. The molecule has 0 heterocycles. The van der Waals surface area contributed by atoms with Crippen molar-refractivity contribution in [2.45, 2.75) is 0 Å². The van der Waals surface area contributed by atoms with E-state index >= 15 is 0 Å². The fourth-order valence-electron chi connectivity index (χ4n) is 2.89. The van der Waals surface area contributed by atoms with Crippen LogP contribution in [0.3, 0.4) is 0 Å². The van der Waals surface area contributed by atoms with Crippen molar-refractivity contribution in [2.75, 3.05) is 21.3 Å². The molecule has 3 rings (SSSR count). The molecule has 0 radical (unpaired) electrons. The lowest BCUT2D eigenvalue weighted by Gasteiger charge is -2.26. The average molecular weight is 298 g/mol. The van der Waals surface area contributed by atoms with E-state index in [4.69, 9.17) is 13.3 Å². The molecule has 3 aromatic carbocycles. The molecule has 4 heteroatoms. The van der Waals surface area contributed by atoms with E-state index in [9.17, 15) is 0 Å². The van der Waals surface area contributed by atoms with Crippen LogP contribution in [0.5, 0.6) is 0 Å². The van der Waals surface area contributed by atoms with Gasteiger partial charge in [0.05, 0.1) is 0 Å². The molecule has 0 unspecified atom stereocenters. The van der Waals surface area contributed by atoms with E-state index in [1.807, 2.05) is 18.2 Å². The van der Waals surface area contributed by atoms with Gasteiger partial charge in [-0.3, -0.25) is 0 Å². The Morgan fingerprint density at radius 2 is 1.19 bits per heavy atom. The van der Waals surface area contributed by atoms with Crippen LogP contribution >= 0.6 is 0 Å². The van der Waals surface area contributed by atoms with Crippen molar-refractivity contribution in [2.24, 2.45) is 0 Å². The summed E-state index contributed by atoms with van der Waals surface area (Å²) in [5, 5.41) is 5.70. The monoisotopic (exact) mass is 298 g/mol. The molecular formula is C17H18O3Si. The quantitative estimate of drug-likeness (QED) is 0.547. The second kappa shape index (κ2) is 5.58. The highest BCUT2D eigenvalue weighted by Crippen LogP contribution is 2.26. The Morgan fingerprint density at radius 3 is 1.81 bits per heavy atom. The van der Waals surface area contributed by atoms with Crippen LogP contribution in [0.4, 0.5) is 0 Å². The molecule has 3 nitrogen and oxygen atoms in total. The summed E-state index contributed by atoms with van der Waals surface area (Å²) >= 11 is 0. The molecule has 0 atom stereocenters. The van der Waals surface area contributed by atoms with Crippen molar-refractivity contribution < 1.29 is 13.3 Å². The molecule has 3 aromatic rings. The first kappa shape index (κ1) is 14.2. The van der Waals surface area contributed by atoms with Crippen LogP contribution in [-0.2, 0) is 13.3 Å². The Morgan fingerprint density at radius 1 is 0.667 bits per heavy atom. The van der Waals surface area contributed by atoms with E-state index in [1.165, 1.54) is 10.8 Å². The third-order valence-corrected chi connectivity index (χ3v) is 6.59. The van der Waals surface area contributed by atoms with E-state index < -0.39 is 8.80 Å². The van der Waals surface area contributed by atoms with Crippen molar-refractivity contribution in [3.63, 3.8) is 0 Å². The average Bonchev–Trinajstić information content (AvgIpc) is 2.57. The van der Waals surface area contributed by atoms with Crippen molar-refractivity contribution >= 4 is 35.5 Å². The first-order chi connectivity index (χ1) is 10.3. The Labute approximate surface area is 125 Å². The molecule has 108 valence electrons. The zero-order valence-electron chi connectivity index (χ0n) is 12.4. The van der Waals surface area contributed by atoms with Gasteiger partial charge < -0.3 is 13.3 Å². The van der Waals surface area contributed by atoms with Crippen LogP contribution in [0.2, 0.25) is 0 Å². The van der Waals surface area contributed by atoms with Gasteiger partial charge in [0, 0.05) is 26.5 Å². The fraction of sp³-hybridized carbons (Fsp3) is 0.176. The summed E-state index contributed by atoms with van der Waals surface area (Å²) < 4.78 is 17.0. The van der Waals surface area contributed by atoms with Crippen LogP contribution in [0.25, 0.3) is 21.5 Å². The molecule has 0 spiro atoms. The van der Waals surface area contributed by atoms with Gasteiger partial charge in [-0.2, -0.15) is 0 Å². The number of hydrogen-bond acceptors (Lipinski definition) is 3. The topological polar surface area (TPSA) is 27.7 Å². The van der Waals surface area contributed by atoms with Crippen LogP contribution in [-0.4, -0.2) is 30.1 Å². The molecule has 0 aliphatic carbocycles. The predicted molar refractivity (Wildman–Crippen MR) is 87.9 cm³/mol. The Bertz CT molecular complexity index is 773. The number of rotatable bonds is 4. The molecule has 0 N–H and O–H groups in total. The van der Waals surface area contributed by atoms with E-state index in [1.54, 1.807) is 21.3 Å².